The highest BCUT2D eigenvalue weighted by Crippen LogP contribution is 2.27. The fraction of sp³-hybridized carbons (Fsp3) is 0.278. The molecule has 8 heteroatoms. The Morgan fingerprint density at radius 3 is 2.38 bits per heavy atom. The van der Waals surface area contributed by atoms with Gasteiger partial charge in [-0.15, -0.1) is 0 Å². The van der Waals surface area contributed by atoms with Crippen LogP contribution in [0.2, 0.25) is 0 Å². The van der Waals surface area contributed by atoms with Crippen molar-refractivity contribution in [2.45, 2.75) is 18.2 Å². The van der Waals surface area contributed by atoms with Crippen molar-refractivity contribution in [2.24, 2.45) is 0 Å². The quantitative estimate of drug-likeness (QED) is 0.459. The number of hydrogen-bond donors (Lipinski definition) is 0. The van der Waals surface area contributed by atoms with Gasteiger partial charge in [-0.1, -0.05) is 12.1 Å². The van der Waals surface area contributed by atoms with Crippen LogP contribution < -0.4 is 4.18 Å². The molecule has 0 bridgehead atoms. The molecule has 2 aromatic carbocycles. The van der Waals surface area contributed by atoms with Crippen LogP contribution >= 0.6 is 15.9 Å². The van der Waals surface area contributed by atoms with Crippen LogP contribution in [0.3, 0.4) is 0 Å². The maximum absolute atomic E-state index is 12.5. The van der Waals surface area contributed by atoms with Crippen LogP contribution in [0.25, 0.3) is 0 Å². The van der Waals surface area contributed by atoms with Crippen molar-refractivity contribution in [3.8, 4) is 5.75 Å². The van der Waals surface area contributed by atoms with Crippen molar-refractivity contribution < 1.29 is 26.9 Å². The van der Waals surface area contributed by atoms with Crippen molar-refractivity contribution in [3.63, 3.8) is 0 Å². The lowest BCUT2D eigenvalue weighted by molar-refractivity contribution is 0.0526. The van der Waals surface area contributed by atoms with E-state index in [0.29, 0.717) is 6.61 Å². The number of carbonyl (C=O) groups is 1. The number of benzene rings is 2. The number of rotatable bonds is 8. The Morgan fingerprint density at radius 2 is 1.81 bits per heavy atom. The summed E-state index contributed by atoms with van der Waals surface area (Å²) in [6.07, 6.45) is 0.727. The van der Waals surface area contributed by atoms with Gasteiger partial charge in [0.05, 0.1) is 18.8 Å². The average molecular weight is 443 g/mol. The first-order chi connectivity index (χ1) is 12.4. The van der Waals surface area contributed by atoms with Gasteiger partial charge < -0.3 is 13.7 Å². The first kappa shape index (κ1) is 20.4. The Hall–Kier alpha value is -1.90. The van der Waals surface area contributed by atoms with Gasteiger partial charge in [0.15, 0.2) is 0 Å². The molecular weight excluding hydrogens is 424 g/mol. The van der Waals surface area contributed by atoms with Gasteiger partial charge in [0.1, 0.15) is 10.6 Å². The summed E-state index contributed by atoms with van der Waals surface area (Å²) in [5.74, 6) is -0.322. The SMILES string of the molecule is CCOC(=O)c1ccc(S(=O)(=O)Oc2ccc(CCOC)cc2)c(Br)c1. The summed E-state index contributed by atoms with van der Waals surface area (Å²) in [6, 6.07) is 10.8. The zero-order valence-electron chi connectivity index (χ0n) is 14.4. The summed E-state index contributed by atoms with van der Waals surface area (Å²) < 4.78 is 40.3. The zero-order valence-corrected chi connectivity index (χ0v) is 16.8. The second-order valence-electron chi connectivity index (χ2n) is 5.29. The number of hydrogen-bond acceptors (Lipinski definition) is 6. The van der Waals surface area contributed by atoms with Gasteiger partial charge in [-0.2, -0.15) is 8.42 Å². The molecule has 0 aliphatic heterocycles. The van der Waals surface area contributed by atoms with Gasteiger partial charge in [-0.25, -0.2) is 4.79 Å². The van der Waals surface area contributed by atoms with Crippen molar-refractivity contribution in [3.05, 3.63) is 58.1 Å². The molecule has 0 saturated heterocycles. The molecule has 0 fully saturated rings. The van der Waals surface area contributed by atoms with E-state index in [-0.39, 0.29) is 27.3 Å². The Morgan fingerprint density at radius 1 is 1.12 bits per heavy atom. The van der Waals surface area contributed by atoms with Gasteiger partial charge in [0.25, 0.3) is 0 Å². The maximum Gasteiger partial charge on any atom is 0.340 e. The first-order valence-electron chi connectivity index (χ1n) is 7.86. The second kappa shape index (κ2) is 9.16. The topological polar surface area (TPSA) is 78.9 Å². The standard InChI is InChI=1S/C18H19BrO6S/c1-3-24-18(20)14-6-9-17(16(19)12-14)26(21,22)25-15-7-4-13(5-8-15)10-11-23-2/h4-9,12H,3,10-11H2,1-2H3. The summed E-state index contributed by atoms with van der Waals surface area (Å²) in [7, 11) is -2.43. The van der Waals surface area contributed by atoms with E-state index in [1.165, 1.54) is 18.2 Å². The number of carbonyl (C=O) groups excluding carboxylic acids is 1. The molecule has 140 valence electrons. The Labute approximate surface area is 161 Å². The van der Waals surface area contributed by atoms with Crippen LogP contribution in [0.15, 0.2) is 51.8 Å². The van der Waals surface area contributed by atoms with Crippen LogP contribution in [0.4, 0.5) is 0 Å². The highest BCUT2D eigenvalue weighted by molar-refractivity contribution is 9.10. The molecule has 0 radical (unpaired) electrons. The van der Waals surface area contributed by atoms with Crippen molar-refractivity contribution in [2.75, 3.05) is 20.3 Å². The fourth-order valence-electron chi connectivity index (χ4n) is 2.15. The van der Waals surface area contributed by atoms with Crippen molar-refractivity contribution in [1.29, 1.82) is 0 Å². The average Bonchev–Trinajstić information content (AvgIpc) is 2.60. The number of halogens is 1. The summed E-state index contributed by atoms with van der Waals surface area (Å²) in [5.41, 5.74) is 1.26. The lowest BCUT2D eigenvalue weighted by atomic mass is 10.1. The van der Waals surface area contributed by atoms with Crippen LogP contribution in [0.1, 0.15) is 22.8 Å². The van der Waals surface area contributed by atoms with Crippen LogP contribution in [-0.4, -0.2) is 34.7 Å². The Balaban J connectivity index is 2.18. The first-order valence-corrected chi connectivity index (χ1v) is 10.1. The Kier molecular flexibility index (Phi) is 7.19. The third-order valence-electron chi connectivity index (χ3n) is 3.44. The molecule has 0 aromatic heterocycles. The molecule has 0 N–H and O–H groups in total. The van der Waals surface area contributed by atoms with Gasteiger partial charge in [0.2, 0.25) is 0 Å². The highest BCUT2D eigenvalue weighted by atomic mass is 79.9. The van der Waals surface area contributed by atoms with Crippen molar-refractivity contribution >= 4 is 32.0 Å². The summed E-state index contributed by atoms with van der Waals surface area (Å²) >= 11 is 3.17. The van der Waals surface area contributed by atoms with Crippen LogP contribution in [-0.2, 0) is 26.0 Å². The highest BCUT2D eigenvalue weighted by Gasteiger charge is 2.21. The number of methoxy groups -OCH3 is 1. The van der Waals surface area contributed by atoms with Gasteiger partial charge in [-0.3, -0.25) is 0 Å². The van der Waals surface area contributed by atoms with E-state index in [4.69, 9.17) is 13.7 Å². The van der Waals surface area contributed by atoms with Gasteiger partial charge in [0, 0.05) is 11.6 Å². The van der Waals surface area contributed by atoms with E-state index < -0.39 is 16.1 Å². The second-order valence-corrected chi connectivity index (χ2v) is 7.66. The number of ether oxygens (including phenoxy) is 2. The summed E-state index contributed by atoms with van der Waals surface area (Å²) in [4.78, 5) is 11.6. The molecule has 26 heavy (non-hydrogen) atoms. The minimum absolute atomic E-state index is 0.0750. The molecule has 6 nitrogen and oxygen atoms in total. The van der Waals surface area contributed by atoms with Crippen LogP contribution in [0, 0.1) is 0 Å². The van der Waals surface area contributed by atoms with Gasteiger partial charge >= 0.3 is 16.1 Å². The Bertz CT molecular complexity index is 862. The summed E-state index contributed by atoms with van der Waals surface area (Å²) in [6.45, 7) is 2.51. The minimum Gasteiger partial charge on any atom is -0.462 e. The van der Waals surface area contributed by atoms with E-state index in [2.05, 4.69) is 15.9 Å². The minimum atomic E-state index is -4.05. The monoisotopic (exact) mass is 442 g/mol. The van der Waals surface area contributed by atoms with Crippen molar-refractivity contribution in [1.82, 2.24) is 0 Å². The zero-order chi connectivity index (χ0) is 19.2. The molecule has 0 saturated carbocycles. The maximum atomic E-state index is 12.5. The molecule has 0 spiro atoms. The van der Waals surface area contributed by atoms with E-state index in [1.54, 1.807) is 38.3 Å². The van der Waals surface area contributed by atoms with E-state index >= 15 is 0 Å². The lowest BCUT2D eigenvalue weighted by Crippen LogP contribution is -2.12. The normalized spacial score (nSPS) is 11.2. The molecule has 0 unspecified atom stereocenters. The lowest BCUT2D eigenvalue weighted by Gasteiger charge is -2.10. The molecule has 0 atom stereocenters. The fourth-order valence-corrected chi connectivity index (χ4v) is 4.11. The summed E-state index contributed by atoms with van der Waals surface area (Å²) in [5, 5.41) is 0. The molecule has 0 heterocycles. The molecule has 2 aromatic rings. The predicted octanol–water partition coefficient (Wildman–Crippen LogP) is 3.58. The molecular formula is C18H19BrO6S. The van der Waals surface area contributed by atoms with E-state index in [9.17, 15) is 13.2 Å². The number of esters is 1. The molecule has 2 rings (SSSR count). The molecule has 0 aliphatic carbocycles. The smallest absolute Gasteiger partial charge is 0.340 e. The third kappa shape index (κ3) is 5.30. The van der Waals surface area contributed by atoms with E-state index in [1.807, 2.05) is 0 Å². The third-order valence-corrected chi connectivity index (χ3v) is 5.66. The van der Waals surface area contributed by atoms with E-state index in [0.717, 1.165) is 12.0 Å². The largest absolute Gasteiger partial charge is 0.462 e. The molecule has 0 aliphatic rings. The predicted molar refractivity (Wildman–Crippen MR) is 99.9 cm³/mol. The van der Waals surface area contributed by atoms with Crippen LogP contribution in [0.5, 0.6) is 5.75 Å². The van der Waals surface area contributed by atoms with Gasteiger partial charge in [-0.05, 0) is 65.2 Å². The molecule has 0 amide bonds.